The summed E-state index contributed by atoms with van der Waals surface area (Å²) in [5.41, 5.74) is 5.94. The Morgan fingerprint density at radius 1 is 1.64 bits per heavy atom. The first-order valence-electron chi connectivity index (χ1n) is 4.17. The van der Waals surface area contributed by atoms with Crippen LogP contribution in [0.3, 0.4) is 0 Å². The second kappa shape index (κ2) is 4.45. The summed E-state index contributed by atoms with van der Waals surface area (Å²) in [5, 5.41) is 0. The van der Waals surface area contributed by atoms with Gasteiger partial charge in [-0.1, -0.05) is 6.92 Å². The number of nitrogens with two attached hydrogens (primary N) is 1. The van der Waals surface area contributed by atoms with Gasteiger partial charge in [0.2, 0.25) is 0 Å². The Morgan fingerprint density at radius 2 is 2.36 bits per heavy atom. The van der Waals surface area contributed by atoms with Crippen LogP contribution in [0, 0.1) is 0 Å². The zero-order valence-corrected chi connectivity index (χ0v) is 8.11. The number of aromatic nitrogens is 1. The van der Waals surface area contributed by atoms with E-state index in [4.69, 9.17) is 15.2 Å². The molecule has 0 unspecified atom stereocenters. The fraction of sp³-hybridized carbons (Fsp3) is 0.333. The van der Waals surface area contributed by atoms with Crippen LogP contribution < -0.4 is 15.2 Å². The van der Waals surface area contributed by atoms with Crippen molar-refractivity contribution in [2.24, 2.45) is 0 Å². The summed E-state index contributed by atoms with van der Waals surface area (Å²) < 4.78 is 9.86. The number of esters is 1. The minimum absolute atomic E-state index is 0.147. The number of carbonyl (C=O) groups excluding carboxylic acids is 1. The number of nitrogen functional groups attached to an aromatic ring is 1. The molecular weight excluding hydrogens is 184 g/mol. The van der Waals surface area contributed by atoms with Gasteiger partial charge in [-0.05, 0) is 0 Å². The number of carbonyl (C=O) groups is 1. The van der Waals surface area contributed by atoms with Gasteiger partial charge in [0.25, 0.3) is 5.88 Å². The van der Waals surface area contributed by atoms with E-state index in [1.54, 1.807) is 13.0 Å². The Morgan fingerprint density at radius 3 is 2.93 bits per heavy atom. The fourth-order valence-corrected chi connectivity index (χ4v) is 0.850. The second-order valence-corrected chi connectivity index (χ2v) is 2.60. The van der Waals surface area contributed by atoms with E-state index in [-0.39, 0.29) is 18.3 Å². The summed E-state index contributed by atoms with van der Waals surface area (Å²) in [7, 11) is 1.46. The van der Waals surface area contributed by atoms with Crippen LogP contribution in [0.1, 0.15) is 13.3 Å². The molecule has 2 N–H and O–H groups in total. The molecule has 0 spiro atoms. The molecule has 0 radical (unpaired) electrons. The lowest BCUT2D eigenvalue weighted by Gasteiger charge is -2.07. The highest BCUT2D eigenvalue weighted by Crippen LogP contribution is 2.25. The third-order valence-electron chi connectivity index (χ3n) is 1.56. The van der Waals surface area contributed by atoms with E-state index in [0.717, 1.165) is 0 Å². The maximum atomic E-state index is 11.0. The predicted octanol–water partition coefficient (Wildman–Crippen LogP) is 0.988. The Balaban J connectivity index is 2.90. The number of anilines is 1. The lowest BCUT2D eigenvalue weighted by molar-refractivity contribution is -0.134. The number of hydrogen-bond donors (Lipinski definition) is 1. The minimum Gasteiger partial charge on any atom is -0.491 e. The van der Waals surface area contributed by atoms with Crippen LogP contribution in [0.15, 0.2) is 12.3 Å². The molecule has 1 rings (SSSR count). The largest absolute Gasteiger partial charge is 0.491 e. The zero-order valence-electron chi connectivity index (χ0n) is 8.11. The second-order valence-electron chi connectivity index (χ2n) is 2.60. The van der Waals surface area contributed by atoms with Crippen LogP contribution in [0.4, 0.5) is 5.69 Å². The van der Waals surface area contributed by atoms with Crippen molar-refractivity contribution in [3.63, 3.8) is 0 Å². The Hall–Kier alpha value is -1.78. The van der Waals surface area contributed by atoms with E-state index in [2.05, 4.69) is 4.98 Å². The summed E-state index contributed by atoms with van der Waals surface area (Å²) in [6.45, 7) is 1.70. The molecule has 0 aliphatic heterocycles. The molecule has 0 atom stereocenters. The third kappa shape index (κ3) is 2.35. The quantitative estimate of drug-likeness (QED) is 0.729. The maximum Gasteiger partial charge on any atom is 0.312 e. The van der Waals surface area contributed by atoms with Gasteiger partial charge in [0.1, 0.15) is 0 Å². The Kier molecular flexibility index (Phi) is 3.28. The Labute approximate surface area is 81.8 Å². The normalized spacial score (nSPS) is 9.57. The number of rotatable bonds is 3. The first-order valence-corrected chi connectivity index (χ1v) is 4.17. The van der Waals surface area contributed by atoms with E-state index < -0.39 is 0 Å². The van der Waals surface area contributed by atoms with Crippen LogP contribution in [0.2, 0.25) is 0 Å². The lowest BCUT2D eigenvalue weighted by atomic mass is 10.4. The summed E-state index contributed by atoms with van der Waals surface area (Å²) in [5.74, 6) is 0.140. The van der Waals surface area contributed by atoms with Crippen molar-refractivity contribution in [2.45, 2.75) is 13.3 Å². The molecule has 0 bridgehead atoms. The number of nitrogens with zero attached hydrogens (tertiary/aromatic N) is 1. The van der Waals surface area contributed by atoms with Crippen molar-refractivity contribution in [2.75, 3.05) is 12.8 Å². The van der Waals surface area contributed by atoms with Gasteiger partial charge in [0.15, 0.2) is 5.75 Å². The van der Waals surface area contributed by atoms with Crippen LogP contribution >= 0.6 is 0 Å². The smallest absolute Gasteiger partial charge is 0.312 e. The van der Waals surface area contributed by atoms with E-state index in [0.29, 0.717) is 11.4 Å². The molecule has 1 aromatic rings. The molecule has 0 aliphatic carbocycles. The molecular formula is C9H12N2O3. The van der Waals surface area contributed by atoms with Gasteiger partial charge in [-0.2, -0.15) is 0 Å². The fourth-order valence-electron chi connectivity index (χ4n) is 0.850. The minimum atomic E-state index is -0.361. The highest BCUT2D eigenvalue weighted by atomic mass is 16.6. The third-order valence-corrected chi connectivity index (χ3v) is 1.56. The van der Waals surface area contributed by atoms with E-state index in [1.807, 2.05) is 0 Å². The predicted molar refractivity (Wildman–Crippen MR) is 51.1 cm³/mol. The molecule has 5 heteroatoms. The summed E-state index contributed by atoms with van der Waals surface area (Å²) in [6.07, 6.45) is 1.69. The topological polar surface area (TPSA) is 74.4 Å². The number of ether oxygens (including phenoxy) is 2. The van der Waals surface area contributed by atoms with Gasteiger partial charge in [0, 0.05) is 12.5 Å². The molecule has 1 heterocycles. The first kappa shape index (κ1) is 10.3. The number of methoxy groups -OCH3 is 1. The number of hydrogen-bond acceptors (Lipinski definition) is 5. The van der Waals surface area contributed by atoms with Gasteiger partial charge >= 0.3 is 5.97 Å². The van der Waals surface area contributed by atoms with Crippen molar-refractivity contribution in [1.29, 1.82) is 0 Å². The van der Waals surface area contributed by atoms with Crippen LogP contribution in [-0.2, 0) is 4.79 Å². The van der Waals surface area contributed by atoms with Crippen molar-refractivity contribution >= 4 is 11.7 Å². The van der Waals surface area contributed by atoms with Crippen molar-refractivity contribution in [3.05, 3.63) is 12.3 Å². The average molecular weight is 196 g/mol. The molecule has 0 aliphatic rings. The van der Waals surface area contributed by atoms with E-state index in [1.165, 1.54) is 13.3 Å². The summed E-state index contributed by atoms with van der Waals surface area (Å²) >= 11 is 0. The SMILES string of the molecule is CCC(=O)Oc1ncc(N)cc1OC. The van der Waals surface area contributed by atoms with Crippen LogP contribution in [0.5, 0.6) is 11.6 Å². The van der Waals surface area contributed by atoms with Gasteiger partial charge in [-0.3, -0.25) is 4.79 Å². The molecule has 5 nitrogen and oxygen atoms in total. The van der Waals surface area contributed by atoms with E-state index >= 15 is 0 Å². The van der Waals surface area contributed by atoms with Crippen LogP contribution in [0.25, 0.3) is 0 Å². The van der Waals surface area contributed by atoms with Crippen molar-refractivity contribution in [1.82, 2.24) is 4.98 Å². The highest BCUT2D eigenvalue weighted by molar-refractivity contribution is 5.72. The molecule has 0 fully saturated rings. The summed E-state index contributed by atoms with van der Waals surface area (Å²) in [6, 6.07) is 1.55. The Bertz CT molecular complexity index is 339. The summed E-state index contributed by atoms with van der Waals surface area (Å²) in [4.78, 5) is 14.8. The first-order chi connectivity index (χ1) is 6.67. The standard InChI is InChI=1S/C9H12N2O3/c1-3-8(12)14-9-7(13-2)4-6(10)5-11-9/h4-5H,3,10H2,1-2H3. The molecule has 76 valence electrons. The average Bonchev–Trinajstić information content (AvgIpc) is 2.20. The van der Waals surface area contributed by atoms with Gasteiger partial charge in [-0.25, -0.2) is 4.98 Å². The van der Waals surface area contributed by atoms with Gasteiger partial charge in [0.05, 0.1) is 19.0 Å². The number of pyridine rings is 1. The van der Waals surface area contributed by atoms with Gasteiger partial charge in [-0.15, -0.1) is 0 Å². The highest BCUT2D eigenvalue weighted by Gasteiger charge is 2.09. The molecule has 0 saturated heterocycles. The van der Waals surface area contributed by atoms with Crippen molar-refractivity contribution in [3.8, 4) is 11.6 Å². The van der Waals surface area contributed by atoms with Crippen LogP contribution in [-0.4, -0.2) is 18.1 Å². The molecule has 0 aromatic carbocycles. The monoisotopic (exact) mass is 196 g/mol. The zero-order chi connectivity index (χ0) is 10.6. The molecule has 0 amide bonds. The van der Waals surface area contributed by atoms with Gasteiger partial charge < -0.3 is 15.2 Å². The molecule has 1 aromatic heterocycles. The van der Waals surface area contributed by atoms with E-state index in [9.17, 15) is 4.79 Å². The lowest BCUT2D eigenvalue weighted by Crippen LogP contribution is -2.08. The molecule has 0 saturated carbocycles. The molecule has 14 heavy (non-hydrogen) atoms. The van der Waals surface area contributed by atoms with Crippen molar-refractivity contribution < 1.29 is 14.3 Å². The maximum absolute atomic E-state index is 11.0.